The standard InChI is InChI=1S/C19H14N4O/c1-13-21-17(18(24)14-8-4-2-5-9-14)16-12-20-23(19(16)22-13)15-10-6-3-7-11-15/h2-12H,1H3. The Kier molecular flexibility index (Phi) is 3.39. The average molecular weight is 314 g/mol. The summed E-state index contributed by atoms with van der Waals surface area (Å²) in [7, 11) is 0. The molecule has 0 radical (unpaired) electrons. The van der Waals surface area contributed by atoms with Gasteiger partial charge in [0.1, 0.15) is 11.5 Å². The van der Waals surface area contributed by atoms with E-state index in [-0.39, 0.29) is 5.78 Å². The lowest BCUT2D eigenvalue weighted by molar-refractivity contribution is 0.103. The number of hydrogen-bond donors (Lipinski definition) is 0. The van der Waals surface area contributed by atoms with Gasteiger partial charge < -0.3 is 0 Å². The van der Waals surface area contributed by atoms with Crippen LogP contribution in [0.5, 0.6) is 0 Å². The molecular weight excluding hydrogens is 300 g/mol. The second kappa shape index (κ2) is 5.70. The highest BCUT2D eigenvalue weighted by Gasteiger charge is 2.19. The molecule has 0 spiro atoms. The second-order valence-corrected chi connectivity index (χ2v) is 5.44. The van der Waals surface area contributed by atoms with Crippen LogP contribution >= 0.6 is 0 Å². The Morgan fingerprint density at radius 3 is 2.29 bits per heavy atom. The number of para-hydroxylation sites is 1. The van der Waals surface area contributed by atoms with E-state index in [4.69, 9.17) is 0 Å². The van der Waals surface area contributed by atoms with E-state index < -0.39 is 0 Å². The van der Waals surface area contributed by atoms with E-state index in [1.165, 1.54) is 0 Å². The third-order valence-electron chi connectivity index (χ3n) is 3.79. The van der Waals surface area contributed by atoms with Gasteiger partial charge in [-0.15, -0.1) is 0 Å². The molecule has 4 rings (SSSR count). The van der Waals surface area contributed by atoms with Crippen molar-refractivity contribution in [1.82, 2.24) is 19.7 Å². The summed E-state index contributed by atoms with van der Waals surface area (Å²) in [5.41, 5.74) is 2.51. The molecule has 0 aliphatic rings. The molecule has 0 aliphatic heterocycles. The summed E-state index contributed by atoms with van der Waals surface area (Å²) < 4.78 is 1.73. The molecule has 0 amide bonds. The number of aryl methyl sites for hydroxylation is 1. The highest BCUT2D eigenvalue weighted by Crippen LogP contribution is 2.21. The molecule has 2 aromatic heterocycles. The SMILES string of the molecule is Cc1nc(C(=O)c2ccccc2)c2cnn(-c3ccccc3)c2n1. The van der Waals surface area contributed by atoms with E-state index in [1.54, 1.807) is 29.9 Å². The van der Waals surface area contributed by atoms with Crippen LogP contribution in [0.1, 0.15) is 21.9 Å². The van der Waals surface area contributed by atoms with Crippen LogP contribution in [0.2, 0.25) is 0 Å². The van der Waals surface area contributed by atoms with Gasteiger partial charge in [-0.25, -0.2) is 14.6 Å². The summed E-state index contributed by atoms with van der Waals surface area (Å²) in [6.07, 6.45) is 1.65. The zero-order valence-electron chi connectivity index (χ0n) is 13.0. The number of fused-ring (bicyclic) bond motifs is 1. The Labute approximate surface area is 138 Å². The van der Waals surface area contributed by atoms with Crippen LogP contribution < -0.4 is 0 Å². The minimum absolute atomic E-state index is 0.126. The van der Waals surface area contributed by atoms with Crippen molar-refractivity contribution in [3.05, 3.63) is 83.9 Å². The molecule has 0 fully saturated rings. The molecule has 24 heavy (non-hydrogen) atoms. The van der Waals surface area contributed by atoms with E-state index in [0.717, 1.165) is 5.69 Å². The van der Waals surface area contributed by atoms with E-state index in [0.29, 0.717) is 28.1 Å². The lowest BCUT2D eigenvalue weighted by Gasteiger charge is -2.05. The van der Waals surface area contributed by atoms with Crippen LogP contribution in [0.3, 0.4) is 0 Å². The minimum atomic E-state index is -0.126. The summed E-state index contributed by atoms with van der Waals surface area (Å²) in [5, 5.41) is 5.06. The molecular formula is C19H14N4O. The van der Waals surface area contributed by atoms with Gasteiger partial charge >= 0.3 is 0 Å². The topological polar surface area (TPSA) is 60.7 Å². The fourth-order valence-corrected chi connectivity index (χ4v) is 2.67. The van der Waals surface area contributed by atoms with E-state index in [2.05, 4.69) is 15.1 Å². The van der Waals surface area contributed by atoms with Gasteiger partial charge in [0.25, 0.3) is 0 Å². The van der Waals surface area contributed by atoms with Crippen molar-refractivity contribution < 1.29 is 4.79 Å². The summed E-state index contributed by atoms with van der Waals surface area (Å²) in [6.45, 7) is 1.78. The Balaban J connectivity index is 1.92. The zero-order chi connectivity index (χ0) is 16.5. The molecule has 5 heteroatoms. The van der Waals surface area contributed by atoms with Crippen molar-refractivity contribution in [2.45, 2.75) is 6.92 Å². The highest BCUT2D eigenvalue weighted by atomic mass is 16.1. The van der Waals surface area contributed by atoms with Crippen molar-refractivity contribution in [1.29, 1.82) is 0 Å². The maximum Gasteiger partial charge on any atom is 0.212 e. The quantitative estimate of drug-likeness (QED) is 0.544. The largest absolute Gasteiger partial charge is 0.287 e. The normalized spacial score (nSPS) is 10.9. The Hall–Kier alpha value is -3.34. The number of ketones is 1. The van der Waals surface area contributed by atoms with Crippen molar-refractivity contribution in [3.8, 4) is 5.69 Å². The number of aromatic nitrogens is 4. The first kappa shape index (κ1) is 14.3. The Bertz CT molecular complexity index is 1020. The molecule has 2 aromatic carbocycles. The molecule has 0 bridgehead atoms. The summed E-state index contributed by atoms with van der Waals surface area (Å²) in [5.74, 6) is 0.415. The van der Waals surface area contributed by atoms with Gasteiger partial charge in [0, 0.05) is 5.56 Å². The molecule has 4 aromatic rings. The monoisotopic (exact) mass is 314 g/mol. The van der Waals surface area contributed by atoms with Gasteiger partial charge in [-0.05, 0) is 19.1 Å². The number of rotatable bonds is 3. The Morgan fingerprint density at radius 2 is 1.58 bits per heavy atom. The van der Waals surface area contributed by atoms with Crippen molar-refractivity contribution >= 4 is 16.8 Å². The summed E-state index contributed by atoms with van der Waals surface area (Å²) in [6, 6.07) is 18.8. The van der Waals surface area contributed by atoms with Crippen LogP contribution in [0, 0.1) is 6.92 Å². The van der Waals surface area contributed by atoms with Crippen molar-refractivity contribution in [2.75, 3.05) is 0 Å². The number of carbonyl (C=O) groups is 1. The summed E-state index contributed by atoms with van der Waals surface area (Å²) >= 11 is 0. The van der Waals surface area contributed by atoms with Crippen LogP contribution in [0.25, 0.3) is 16.7 Å². The van der Waals surface area contributed by atoms with Gasteiger partial charge in [0.15, 0.2) is 5.65 Å². The van der Waals surface area contributed by atoms with Gasteiger partial charge in [0.2, 0.25) is 5.78 Å². The first-order valence-electron chi connectivity index (χ1n) is 7.61. The van der Waals surface area contributed by atoms with Crippen molar-refractivity contribution in [2.24, 2.45) is 0 Å². The Morgan fingerprint density at radius 1 is 0.917 bits per heavy atom. The van der Waals surface area contributed by atoms with Crippen LogP contribution in [-0.4, -0.2) is 25.5 Å². The molecule has 116 valence electrons. The molecule has 0 saturated carbocycles. The lowest BCUT2D eigenvalue weighted by Crippen LogP contribution is -2.08. The highest BCUT2D eigenvalue weighted by molar-refractivity contribution is 6.14. The van der Waals surface area contributed by atoms with Crippen LogP contribution in [0.15, 0.2) is 66.9 Å². The van der Waals surface area contributed by atoms with Crippen LogP contribution in [0.4, 0.5) is 0 Å². The molecule has 0 aliphatic carbocycles. The number of nitrogens with zero attached hydrogens (tertiary/aromatic N) is 4. The summed E-state index contributed by atoms with van der Waals surface area (Å²) in [4.78, 5) is 21.7. The predicted octanol–water partition coefficient (Wildman–Crippen LogP) is 3.35. The lowest BCUT2D eigenvalue weighted by atomic mass is 10.1. The van der Waals surface area contributed by atoms with Gasteiger partial charge in [-0.2, -0.15) is 5.10 Å². The van der Waals surface area contributed by atoms with E-state index in [9.17, 15) is 4.79 Å². The van der Waals surface area contributed by atoms with Crippen LogP contribution in [-0.2, 0) is 0 Å². The third kappa shape index (κ3) is 2.36. The van der Waals surface area contributed by atoms with Gasteiger partial charge in [0.05, 0.1) is 17.3 Å². The predicted molar refractivity (Wildman–Crippen MR) is 91.3 cm³/mol. The fourth-order valence-electron chi connectivity index (χ4n) is 2.67. The van der Waals surface area contributed by atoms with Crippen molar-refractivity contribution in [3.63, 3.8) is 0 Å². The molecule has 0 unspecified atom stereocenters. The first-order valence-corrected chi connectivity index (χ1v) is 7.61. The zero-order valence-corrected chi connectivity index (χ0v) is 13.0. The third-order valence-corrected chi connectivity index (χ3v) is 3.79. The number of benzene rings is 2. The van der Waals surface area contributed by atoms with E-state index in [1.807, 2.05) is 48.5 Å². The molecule has 2 heterocycles. The minimum Gasteiger partial charge on any atom is -0.287 e. The maximum atomic E-state index is 12.8. The molecule has 5 nitrogen and oxygen atoms in total. The van der Waals surface area contributed by atoms with E-state index >= 15 is 0 Å². The first-order chi connectivity index (χ1) is 11.7. The molecule has 0 saturated heterocycles. The number of carbonyl (C=O) groups excluding carboxylic acids is 1. The smallest absolute Gasteiger partial charge is 0.212 e. The fraction of sp³-hybridized carbons (Fsp3) is 0.0526. The molecule has 0 atom stereocenters. The average Bonchev–Trinajstić information content (AvgIpc) is 3.05. The maximum absolute atomic E-state index is 12.8. The second-order valence-electron chi connectivity index (χ2n) is 5.44. The van der Waals surface area contributed by atoms with Gasteiger partial charge in [-0.3, -0.25) is 4.79 Å². The number of hydrogen-bond acceptors (Lipinski definition) is 4. The molecule has 0 N–H and O–H groups in total. The van der Waals surface area contributed by atoms with Gasteiger partial charge in [-0.1, -0.05) is 48.5 Å².